The lowest BCUT2D eigenvalue weighted by Gasteiger charge is -2.60. The van der Waals surface area contributed by atoms with Gasteiger partial charge in [-0.2, -0.15) is 0 Å². The molecule has 4 atom stereocenters. The molecule has 25 heavy (non-hydrogen) atoms. The van der Waals surface area contributed by atoms with Gasteiger partial charge in [0, 0.05) is 17.9 Å². The first-order valence-electron chi connectivity index (χ1n) is 10.0. The van der Waals surface area contributed by atoms with E-state index in [2.05, 4.69) is 53.9 Å². The van der Waals surface area contributed by atoms with Crippen LogP contribution in [0.15, 0.2) is 24.8 Å². The molecule has 1 N–H and O–H groups in total. The Hall–Kier alpha value is -0.383. The minimum Gasteiger partial charge on any atom is -0.417 e. The fourth-order valence-electron chi connectivity index (χ4n) is 4.83. The third kappa shape index (κ3) is 3.57. The molecule has 0 aromatic heterocycles. The maximum absolute atomic E-state index is 11.8. The number of rotatable bonds is 5. The van der Waals surface area contributed by atoms with Crippen molar-refractivity contribution < 1.29 is 9.53 Å². The minimum atomic E-state index is -1.80. The van der Waals surface area contributed by atoms with Gasteiger partial charge in [0.15, 0.2) is 8.32 Å². The summed E-state index contributed by atoms with van der Waals surface area (Å²) < 4.78 is 6.60. The summed E-state index contributed by atoms with van der Waals surface area (Å²) in [5.74, 6) is 0.557. The van der Waals surface area contributed by atoms with Crippen LogP contribution in [0.4, 0.5) is 0 Å². The highest BCUT2D eigenvalue weighted by Gasteiger charge is 2.59. The van der Waals surface area contributed by atoms with E-state index < -0.39 is 13.9 Å². The van der Waals surface area contributed by atoms with Crippen molar-refractivity contribution in [2.75, 3.05) is 6.61 Å². The maximum atomic E-state index is 11.8. The minimum absolute atomic E-state index is 0.177. The topological polar surface area (TPSA) is 29.5 Å². The van der Waals surface area contributed by atoms with E-state index in [1.165, 1.54) is 12.0 Å². The van der Waals surface area contributed by atoms with Crippen molar-refractivity contribution in [3.8, 4) is 0 Å². The molecule has 144 valence electrons. The van der Waals surface area contributed by atoms with Crippen LogP contribution in [0, 0.1) is 17.3 Å². The molecule has 0 saturated heterocycles. The summed E-state index contributed by atoms with van der Waals surface area (Å²) in [5, 5.41) is 12.0. The number of allylic oxidation sites excluding steroid dienone is 1. The predicted octanol–water partition coefficient (Wildman–Crippen LogP) is 6.09. The monoisotopic (exact) mass is 364 g/mol. The molecule has 2 rings (SSSR count). The zero-order valence-electron chi connectivity index (χ0n) is 17.5. The first-order valence-corrected chi connectivity index (χ1v) is 12.9. The van der Waals surface area contributed by atoms with Gasteiger partial charge in [0.1, 0.15) is 0 Å². The van der Waals surface area contributed by atoms with E-state index in [9.17, 15) is 5.11 Å². The highest BCUT2D eigenvalue weighted by atomic mass is 28.4. The van der Waals surface area contributed by atoms with Crippen LogP contribution < -0.4 is 0 Å². The van der Waals surface area contributed by atoms with E-state index in [0.717, 1.165) is 38.7 Å². The summed E-state index contributed by atoms with van der Waals surface area (Å²) in [6.45, 7) is 22.9. The molecular weight excluding hydrogens is 324 g/mol. The number of hydrogen-bond donors (Lipinski definition) is 1. The fraction of sp³-hybridized carbons (Fsp3) is 0.818. The summed E-state index contributed by atoms with van der Waals surface area (Å²) in [6, 6.07) is 0. The first-order chi connectivity index (χ1) is 11.4. The molecule has 2 nitrogen and oxygen atoms in total. The molecule has 0 aliphatic heterocycles. The van der Waals surface area contributed by atoms with Crippen molar-refractivity contribution >= 4 is 8.32 Å². The van der Waals surface area contributed by atoms with Gasteiger partial charge in [-0.3, -0.25) is 0 Å². The van der Waals surface area contributed by atoms with Gasteiger partial charge < -0.3 is 9.53 Å². The summed E-state index contributed by atoms with van der Waals surface area (Å²) >= 11 is 0. The number of aliphatic hydroxyl groups is 1. The Bertz CT molecular complexity index is 519. The first kappa shape index (κ1) is 20.9. The summed E-state index contributed by atoms with van der Waals surface area (Å²) in [6.07, 6.45) is 8.11. The van der Waals surface area contributed by atoms with Crippen LogP contribution in [0.2, 0.25) is 18.1 Å². The van der Waals surface area contributed by atoms with Gasteiger partial charge in [0.25, 0.3) is 0 Å². The second-order valence-electron chi connectivity index (χ2n) is 10.3. The third-order valence-corrected chi connectivity index (χ3v) is 12.3. The molecule has 0 spiro atoms. The van der Waals surface area contributed by atoms with Gasteiger partial charge in [-0.25, -0.2) is 0 Å². The molecule has 0 amide bonds. The largest absolute Gasteiger partial charge is 0.417 e. The highest BCUT2D eigenvalue weighted by molar-refractivity contribution is 6.74. The molecule has 2 aliphatic rings. The molecule has 0 aromatic rings. The van der Waals surface area contributed by atoms with Crippen molar-refractivity contribution in [2.45, 2.75) is 90.0 Å². The Morgan fingerprint density at radius 2 is 1.96 bits per heavy atom. The van der Waals surface area contributed by atoms with Crippen LogP contribution in [0.1, 0.15) is 66.2 Å². The Morgan fingerprint density at radius 1 is 1.32 bits per heavy atom. The van der Waals surface area contributed by atoms with E-state index in [1.54, 1.807) is 0 Å². The van der Waals surface area contributed by atoms with Crippen LogP contribution in [-0.4, -0.2) is 25.6 Å². The van der Waals surface area contributed by atoms with Gasteiger partial charge in [-0.15, -0.1) is 6.58 Å². The van der Waals surface area contributed by atoms with Crippen LogP contribution in [0.5, 0.6) is 0 Å². The van der Waals surface area contributed by atoms with Gasteiger partial charge in [0.2, 0.25) is 0 Å². The molecule has 0 radical (unpaired) electrons. The van der Waals surface area contributed by atoms with E-state index in [-0.39, 0.29) is 16.4 Å². The molecule has 3 heteroatoms. The average Bonchev–Trinajstić information content (AvgIpc) is 2.49. The lowest BCUT2D eigenvalue weighted by Crippen LogP contribution is -2.61. The van der Waals surface area contributed by atoms with Crippen molar-refractivity contribution in [2.24, 2.45) is 17.3 Å². The summed E-state index contributed by atoms with van der Waals surface area (Å²) in [7, 11) is -1.80. The fourth-order valence-corrected chi connectivity index (χ4v) is 5.88. The van der Waals surface area contributed by atoms with E-state index >= 15 is 0 Å². The molecule has 2 aliphatic carbocycles. The smallest absolute Gasteiger partial charge is 0.191 e. The second kappa shape index (κ2) is 6.98. The Morgan fingerprint density at radius 3 is 2.52 bits per heavy atom. The normalized spacial score (nSPS) is 36.8. The predicted molar refractivity (Wildman–Crippen MR) is 110 cm³/mol. The molecule has 0 heterocycles. The van der Waals surface area contributed by atoms with Crippen LogP contribution in [-0.2, 0) is 4.43 Å². The second-order valence-corrected chi connectivity index (χ2v) is 15.1. The number of hydrogen-bond acceptors (Lipinski definition) is 2. The van der Waals surface area contributed by atoms with Crippen LogP contribution in [0.3, 0.4) is 0 Å². The van der Waals surface area contributed by atoms with Crippen LogP contribution in [0.25, 0.3) is 0 Å². The standard InChI is InChI=1S/C22H40O2Si/c1-9-13-21(6)18(16-24-25(7,8)20(3,4)5)15-17(2)19-12-10-11-14-22(19,21)23/h9,18-19,23H,1-2,10-16H2,3-8H3. The third-order valence-electron chi connectivity index (χ3n) is 7.79. The highest BCUT2D eigenvalue weighted by Crippen LogP contribution is 2.59. The Balaban J connectivity index is 2.30. The van der Waals surface area contributed by atoms with E-state index in [4.69, 9.17) is 4.43 Å². The zero-order valence-corrected chi connectivity index (χ0v) is 18.5. The molecule has 2 saturated carbocycles. The van der Waals surface area contributed by atoms with Crippen molar-refractivity contribution in [1.29, 1.82) is 0 Å². The van der Waals surface area contributed by atoms with Gasteiger partial charge in [-0.1, -0.05) is 58.8 Å². The lowest BCUT2D eigenvalue weighted by molar-refractivity contribution is -0.175. The summed E-state index contributed by atoms with van der Waals surface area (Å²) in [4.78, 5) is 0. The summed E-state index contributed by atoms with van der Waals surface area (Å²) in [5.41, 5.74) is 0.409. The Labute approximate surface area is 156 Å². The molecular formula is C22H40O2Si. The van der Waals surface area contributed by atoms with Crippen molar-refractivity contribution in [3.63, 3.8) is 0 Å². The average molecular weight is 365 g/mol. The van der Waals surface area contributed by atoms with Gasteiger partial charge in [-0.05, 0) is 49.7 Å². The lowest BCUT2D eigenvalue weighted by atomic mass is 9.49. The molecule has 2 fully saturated rings. The van der Waals surface area contributed by atoms with Gasteiger partial charge >= 0.3 is 0 Å². The molecule has 4 unspecified atom stereocenters. The molecule has 0 bridgehead atoms. The SMILES string of the molecule is C=CCC1(C)C(CO[Si](C)(C)C(C)(C)C)CC(=C)C2CCCCC21O. The van der Waals surface area contributed by atoms with E-state index in [1.807, 2.05) is 6.08 Å². The maximum Gasteiger partial charge on any atom is 0.191 e. The van der Waals surface area contributed by atoms with Crippen molar-refractivity contribution in [1.82, 2.24) is 0 Å². The Kier molecular flexibility index (Phi) is 5.84. The zero-order chi connectivity index (χ0) is 19.1. The van der Waals surface area contributed by atoms with Crippen LogP contribution >= 0.6 is 0 Å². The van der Waals surface area contributed by atoms with Crippen molar-refractivity contribution in [3.05, 3.63) is 24.8 Å². The van der Waals surface area contributed by atoms with E-state index in [0.29, 0.717) is 5.92 Å². The quantitative estimate of drug-likeness (QED) is 0.472. The van der Waals surface area contributed by atoms with Gasteiger partial charge in [0.05, 0.1) is 5.60 Å². The molecule has 0 aromatic carbocycles. The number of fused-ring (bicyclic) bond motifs is 1.